The number of aromatic nitrogens is 3. The number of aryl methyl sites for hydroxylation is 1. The van der Waals surface area contributed by atoms with E-state index >= 15 is 0 Å². The summed E-state index contributed by atoms with van der Waals surface area (Å²) in [6.45, 7) is 4.94. The number of hydrogen-bond donors (Lipinski definition) is 0. The highest BCUT2D eigenvalue weighted by molar-refractivity contribution is 7.98. The summed E-state index contributed by atoms with van der Waals surface area (Å²) in [7, 11) is 0. The second-order valence-corrected chi connectivity index (χ2v) is 7.48. The SMILES string of the molecule is CSc1ncc2c(n1)CCN(Cc1ccc(-c3ccc(C)cc3)nc1)C2. The van der Waals surface area contributed by atoms with E-state index in [0.717, 1.165) is 42.5 Å². The summed E-state index contributed by atoms with van der Waals surface area (Å²) in [5.41, 5.74) is 7.15. The minimum absolute atomic E-state index is 0.869. The zero-order valence-corrected chi connectivity index (χ0v) is 16.0. The minimum atomic E-state index is 0.869. The Morgan fingerprint density at radius 1 is 1.04 bits per heavy atom. The lowest BCUT2D eigenvalue weighted by molar-refractivity contribution is 0.242. The van der Waals surface area contributed by atoms with Gasteiger partial charge >= 0.3 is 0 Å². The van der Waals surface area contributed by atoms with Crippen LogP contribution in [0.1, 0.15) is 22.4 Å². The van der Waals surface area contributed by atoms with Crippen LogP contribution in [-0.2, 0) is 19.5 Å². The van der Waals surface area contributed by atoms with Gasteiger partial charge in [-0.15, -0.1) is 0 Å². The van der Waals surface area contributed by atoms with Crippen LogP contribution in [0.3, 0.4) is 0 Å². The van der Waals surface area contributed by atoms with Gasteiger partial charge in [0.1, 0.15) is 0 Å². The summed E-state index contributed by atoms with van der Waals surface area (Å²) in [4.78, 5) is 16.1. The van der Waals surface area contributed by atoms with Crippen molar-refractivity contribution in [3.63, 3.8) is 0 Å². The fourth-order valence-electron chi connectivity index (χ4n) is 3.26. The Kier molecular flexibility index (Phi) is 5.00. The molecule has 0 aliphatic carbocycles. The first-order valence-electron chi connectivity index (χ1n) is 8.84. The molecule has 3 aromatic rings. The predicted molar refractivity (Wildman–Crippen MR) is 106 cm³/mol. The van der Waals surface area contributed by atoms with Gasteiger partial charge in [-0.25, -0.2) is 9.97 Å². The molecule has 0 amide bonds. The predicted octanol–water partition coefficient (Wildman–Crippen LogP) is 4.13. The van der Waals surface area contributed by atoms with Gasteiger partial charge < -0.3 is 0 Å². The normalized spacial score (nSPS) is 14.2. The molecule has 0 unspecified atom stereocenters. The Morgan fingerprint density at radius 2 is 1.88 bits per heavy atom. The lowest BCUT2D eigenvalue weighted by Gasteiger charge is -2.27. The Bertz CT molecular complexity index is 891. The molecule has 0 saturated carbocycles. The van der Waals surface area contributed by atoms with Crippen LogP contribution in [0.4, 0.5) is 0 Å². The lowest BCUT2D eigenvalue weighted by Crippen LogP contribution is -2.31. The van der Waals surface area contributed by atoms with Crippen LogP contribution < -0.4 is 0 Å². The minimum Gasteiger partial charge on any atom is -0.294 e. The first kappa shape index (κ1) is 17.2. The maximum absolute atomic E-state index is 4.66. The third-order valence-electron chi connectivity index (χ3n) is 4.75. The van der Waals surface area contributed by atoms with E-state index in [1.165, 1.54) is 22.4 Å². The van der Waals surface area contributed by atoms with E-state index < -0.39 is 0 Å². The fourth-order valence-corrected chi connectivity index (χ4v) is 3.62. The maximum atomic E-state index is 4.66. The van der Waals surface area contributed by atoms with Crippen LogP contribution in [0, 0.1) is 6.92 Å². The van der Waals surface area contributed by atoms with Crippen LogP contribution in [0.15, 0.2) is 53.9 Å². The number of benzene rings is 1. The molecule has 1 aliphatic rings. The largest absolute Gasteiger partial charge is 0.294 e. The summed E-state index contributed by atoms with van der Waals surface area (Å²) >= 11 is 1.60. The van der Waals surface area contributed by atoms with Crippen LogP contribution in [0.5, 0.6) is 0 Å². The Hall–Kier alpha value is -2.24. The van der Waals surface area contributed by atoms with Crippen molar-refractivity contribution in [2.45, 2.75) is 31.6 Å². The summed E-state index contributed by atoms with van der Waals surface area (Å²) in [5, 5.41) is 0.869. The Labute approximate surface area is 158 Å². The molecule has 4 rings (SSSR count). The molecule has 5 heteroatoms. The monoisotopic (exact) mass is 362 g/mol. The van der Waals surface area contributed by atoms with Crippen LogP contribution in [0.2, 0.25) is 0 Å². The van der Waals surface area contributed by atoms with Gasteiger partial charge in [-0.3, -0.25) is 9.88 Å². The van der Waals surface area contributed by atoms with Gasteiger partial charge in [-0.05, 0) is 24.8 Å². The van der Waals surface area contributed by atoms with E-state index in [2.05, 4.69) is 63.2 Å². The van der Waals surface area contributed by atoms with Crippen LogP contribution in [0.25, 0.3) is 11.3 Å². The molecule has 2 aromatic heterocycles. The van der Waals surface area contributed by atoms with Crippen molar-refractivity contribution in [3.05, 3.63) is 71.2 Å². The van der Waals surface area contributed by atoms with Gasteiger partial charge in [-0.1, -0.05) is 47.7 Å². The molecule has 1 aliphatic heterocycles. The third kappa shape index (κ3) is 3.79. The highest BCUT2D eigenvalue weighted by Crippen LogP contribution is 2.22. The number of pyridine rings is 1. The van der Waals surface area contributed by atoms with Crippen molar-refractivity contribution >= 4 is 11.8 Å². The molecule has 0 fully saturated rings. The second-order valence-electron chi connectivity index (χ2n) is 6.71. The second kappa shape index (κ2) is 7.56. The van der Waals surface area contributed by atoms with Gasteiger partial charge in [0.2, 0.25) is 0 Å². The Morgan fingerprint density at radius 3 is 2.62 bits per heavy atom. The van der Waals surface area contributed by atoms with Gasteiger partial charge in [0.05, 0.1) is 11.4 Å². The molecule has 0 bridgehead atoms. The molecule has 0 atom stereocenters. The number of nitrogens with zero attached hydrogens (tertiary/aromatic N) is 4. The highest BCUT2D eigenvalue weighted by Gasteiger charge is 2.18. The number of fused-ring (bicyclic) bond motifs is 1. The Balaban J connectivity index is 1.43. The van der Waals surface area contributed by atoms with Crippen molar-refractivity contribution < 1.29 is 0 Å². The smallest absolute Gasteiger partial charge is 0.187 e. The first-order valence-corrected chi connectivity index (χ1v) is 10.1. The lowest BCUT2D eigenvalue weighted by atomic mass is 10.1. The molecular formula is C21H22N4S. The van der Waals surface area contributed by atoms with Crippen LogP contribution in [-0.4, -0.2) is 32.7 Å². The standard InChI is InChI=1S/C21H22N4S/c1-15-3-6-17(7-4-15)19-8-5-16(11-22-19)13-25-10-9-20-18(14-25)12-23-21(24-20)26-2/h3-8,11-12H,9-10,13-14H2,1-2H3. The first-order chi connectivity index (χ1) is 12.7. The number of hydrogen-bond acceptors (Lipinski definition) is 5. The molecule has 4 nitrogen and oxygen atoms in total. The summed E-state index contributed by atoms with van der Waals surface area (Å²) in [5.74, 6) is 0. The number of thioether (sulfide) groups is 1. The van der Waals surface area contributed by atoms with Crippen molar-refractivity contribution in [1.82, 2.24) is 19.9 Å². The van der Waals surface area contributed by atoms with E-state index in [9.17, 15) is 0 Å². The van der Waals surface area contributed by atoms with Gasteiger partial charge in [0.15, 0.2) is 5.16 Å². The zero-order chi connectivity index (χ0) is 17.9. The van der Waals surface area contributed by atoms with E-state index in [0.29, 0.717) is 0 Å². The van der Waals surface area contributed by atoms with Crippen LogP contribution >= 0.6 is 11.8 Å². The van der Waals surface area contributed by atoms with Gasteiger partial charge in [0, 0.05) is 49.6 Å². The average Bonchev–Trinajstić information content (AvgIpc) is 2.69. The highest BCUT2D eigenvalue weighted by atomic mass is 32.2. The molecule has 0 saturated heterocycles. The molecule has 0 spiro atoms. The molecule has 0 radical (unpaired) electrons. The topological polar surface area (TPSA) is 41.9 Å². The van der Waals surface area contributed by atoms with Crippen molar-refractivity contribution in [1.29, 1.82) is 0 Å². The maximum Gasteiger partial charge on any atom is 0.187 e. The molecule has 0 N–H and O–H groups in total. The summed E-state index contributed by atoms with van der Waals surface area (Å²) in [6.07, 6.45) is 6.99. The third-order valence-corrected chi connectivity index (χ3v) is 5.31. The zero-order valence-electron chi connectivity index (χ0n) is 15.1. The summed E-state index contributed by atoms with van der Waals surface area (Å²) in [6, 6.07) is 12.8. The van der Waals surface area contributed by atoms with Crippen molar-refractivity contribution in [2.75, 3.05) is 12.8 Å². The van der Waals surface area contributed by atoms with E-state index in [1.807, 2.05) is 18.6 Å². The summed E-state index contributed by atoms with van der Waals surface area (Å²) < 4.78 is 0. The van der Waals surface area contributed by atoms with Crippen molar-refractivity contribution in [3.8, 4) is 11.3 Å². The van der Waals surface area contributed by atoms with E-state index in [1.54, 1.807) is 11.8 Å². The van der Waals surface area contributed by atoms with Gasteiger partial charge in [0.25, 0.3) is 0 Å². The molecular weight excluding hydrogens is 340 g/mol. The molecule has 26 heavy (non-hydrogen) atoms. The molecule has 1 aromatic carbocycles. The van der Waals surface area contributed by atoms with Crippen molar-refractivity contribution in [2.24, 2.45) is 0 Å². The molecule has 132 valence electrons. The average molecular weight is 363 g/mol. The van der Waals surface area contributed by atoms with E-state index in [-0.39, 0.29) is 0 Å². The fraction of sp³-hybridized carbons (Fsp3) is 0.286. The molecule has 3 heterocycles. The van der Waals surface area contributed by atoms with E-state index in [4.69, 9.17) is 0 Å². The number of rotatable bonds is 4. The van der Waals surface area contributed by atoms with Gasteiger partial charge in [-0.2, -0.15) is 0 Å². The quantitative estimate of drug-likeness (QED) is 0.516.